The van der Waals surface area contributed by atoms with Crippen molar-refractivity contribution >= 4 is 18.1 Å². The quantitative estimate of drug-likeness (QED) is 0.0231. The van der Waals surface area contributed by atoms with Gasteiger partial charge in [0.05, 0.1) is 7.11 Å². The lowest BCUT2D eigenvalue weighted by atomic mass is 9.85. The molecule has 0 radical (unpaired) electrons. The smallest absolute Gasteiger partial charge is 0.497 e. The second-order valence-corrected chi connectivity index (χ2v) is 15.3. The molecule has 0 fully saturated rings. The van der Waals surface area contributed by atoms with Crippen molar-refractivity contribution in [2.75, 3.05) is 20.3 Å². The van der Waals surface area contributed by atoms with Gasteiger partial charge in [-0.25, -0.2) is 27.6 Å². The fraction of sp³-hybridized carbons (Fsp3) is 0.204. The highest BCUT2D eigenvalue weighted by molar-refractivity contribution is 6.06. The first-order chi connectivity index (χ1) is 30.3. The number of rotatable bonds is 13. The van der Waals surface area contributed by atoms with E-state index in [4.69, 9.17) is 23.7 Å². The van der Waals surface area contributed by atoms with Crippen molar-refractivity contribution in [2.24, 2.45) is 5.92 Å². The van der Waals surface area contributed by atoms with E-state index in [0.717, 1.165) is 44.5 Å². The number of methoxy groups -OCH3 is 1. The van der Waals surface area contributed by atoms with Gasteiger partial charge in [-0.15, -0.1) is 0 Å². The Morgan fingerprint density at radius 2 is 1.03 bits per heavy atom. The number of hydrogen-bond acceptors (Lipinski definition) is 9. The minimum absolute atomic E-state index is 0.0772. The van der Waals surface area contributed by atoms with Crippen LogP contribution in [0.4, 0.5) is 26.7 Å². The first-order valence-corrected chi connectivity index (χ1v) is 19.9. The van der Waals surface area contributed by atoms with Crippen LogP contribution in [0.5, 0.6) is 17.2 Å². The van der Waals surface area contributed by atoms with Gasteiger partial charge in [0.1, 0.15) is 24.7 Å². The van der Waals surface area contributed by atoms with Gasteiger partial charge in [0, 0.05) is 30.0 Å². The summed E-state index contributed by atoms with van der Waals surface area (Å²) in [5, 5.41) is 2.78. The molecule has 6 aromatic carbocycles. The number of benzene rings is 6. The fourth-order valence-corrected chi connectivity index (χ4v) is 8.31. The van der Waals surface area contributed by atoms with Crippen molar-refractivity contribution < 1.29 is 60.0 Å². The standard InChI is InChI=1S/C49H38F5NO8/c1-26(2)49(47(57)63-45-43(53)41(51)40(50)42(52)44(45)54,46(56)60-24-37-33-16-8-4-12-29(33)30-13-5-9-17-34(30)37)55-23-27-20-21-28(59-3)22-39(27)62-48(58)61-25-38-35-18-10-6-14-31(35)32-15-7-11-19-36(32)38/h4-22,26,37-38,55H,23-25H2,1-3H3/t49-/m1/s1. The minimum Gasteiger partial charge on any atom is -0.497 e. The molecule has 0 heterocycles. The third-order valence-corrected chi connectivity index (χ3v) is 11.6. The van der Waals surface area contributed by atoms with Crippen LogP contribution in [-0.4, -0.2) is 44.0 Å². The normalized spacial score (nSPS) is 13.7. The predicted octanol–water partition coefficient (Wildman–Crippen LogP) is 10.2. The Balaban J connectivity index is 1.09. The molecule has 0 aliphatic heterocycles. The van der Waals surface area contributed by atoms with E-state index in [1.165, 1.54) is 39.2 Å². The van der Waals surface area contributed by atoms with Gasteiger partial charge < -0.3 is 23.7 Å². The lowest BCUT2D eigenvalue weighted by Crippen LogP contribution is -2.63. The molecule has 2 aliphatic carbocycles. The minimum atomic E-state index is -2.68. The Hall–Kier alpha value is -7.06. The second-order valence-electron chi connectivity index (χ2n) is 15.3. The largest absolute Gasteiger partial charge is 0.513 e. The summed E-state index contributed by atoms with van der Waals surface area (Å²) >= 11 is 0. The van der Waals surface area contributed by atoms with Gasteiger partial charge in [-0.05, 0) is 56.5 Å². The lowest BCUT2D eigenvalue weighted by molar-refractivity contribution is -0.165. The number of carbonyl (C=O) groups is 3. The monoisotopic (exact) mass is 863 g/mol. The van der Waals surface area contributed by atoms with E-state index in [9.17, 15) is 36.3 Å². The van der Waals surface area contributed by atoms with Crippen molar-refractivity contribution in [3.63, 3.8) is 0 Å². The summed E-state index contributed by atoms with van der Waals surface area (Å²) in [5.74, 6) is -18.9. The van der Waals surface area contributed by atoms with Gasteiger partial charge in [0.15, 0.2) is 0 Å². The molecule has 0 bridgehead atoms. The molecule has 322 valence electrons. The van der Waals surface area contributed by atoms with E-state index >= 15 is 0 Å². The third kappa shape index (κ3) is 7.64. The maximum atomic E-state index is 15.0. The van der Waals surface area contributed by atoms with Crippen LogP contribution >= 0.6 is 0 Å². The molecule has 1 atom stereocenters. The zero-order chi connectivity index (χ0) is 44.6. The average molecular weight is 864 g/mol. The summed E-state index contributed by atoms with van der Waals surface area (Å²) in [6, 6.07) is 34.7. The van der Waals surface area contributed by atoms with Gasteiger partial charge in [-0.2, -0.15) is 8.78 Å². The summed E-state index contributed by atoms with van der Waals surface area (Å²) in [6.45, 7) is 1.88. The van der Waals surface area contributed by atoms with Gasteiger partial charge >= 0.3 is 18.1 Å². The Morgan fingerprint density at radius 1 is 0.587 bits per heavy atom. The average Bonchev–Trinajstić information content (AvgIpc) is 3.80. The number of ether oxygens (including phenoxy) is 5. The van der Waals surface area contributed by atoms with Crippen molar-refractivity contribution in [3.8, 4) is 39.5 Å². The molecule has 0 aromatic heterocycles. The van der Waals surface area contributed by atoms with Crippen LogP contribution in [-0.2, 0) is 25.6 Å². The zero-order valence-electron chi connectivity index (χ0n) is 34.0. The van der Waals surface area contributed by atoms with Gasteiger partial charge in [0.2, 0.25) is 40.4 Å². The summed E-state index contributed by atoms with van der Waals surface area (Å²) < 4.78 is 100. The number of carbonyl (C=O) groups excluding carboxylic acids is 3. The van der Waals surface area contributed by atoms with Crippen molar-refractivity contribution in [1.82, 2.24) is 5.32 Å². The van der Waals surface area contributed by atoms with Gasteiger partial charge in [-0.1, -0.05) is 117 Å². The van der Waals surface area contributed by atoms with Crippen LogP contribution in [0.2, 0.25) is 0 Å². The number of esters is 2. The lowest BCUT2D eigenvalue weighted by Gasteiger charge is -2.34. The van der Waals surface area contributed by atoms with E-state index in [2.05, 4.69) is 5.32 Å². The van der Waals surface area contributed by atoms with E-state index in [-0.39, 0.29) is 36.2 Å². The zero-order valence-corrected chi connectivity index (χ0v) is 34.0. The van der Waals surface area contributed by atoms with Crippen molar-refractivity contribution in [2.45, 2.75) is 37.8 Å². The molecule has 1 N–H and O–H groups in total. The highest BCUT2D eigenvalue weighted by Gasteiger charge is 2.53. The van der Waals surface area contributed by atoms with Gasteiger partial charge in [-0.3, -0.25) is 5.32 Å². The topological polar surface area (TPSA) is 109 Å². The van der Waals surface area contributed by atoms with Crippen LogP contribution in [0.3, 0.4) is 0 Å². The molecule has 0 amide bonds. The van der Waals surface area contributed by atoms with E-state index in [1.54, 1.807) is 0 Å². The number of halogens is 5. The predicted molar refractivity (Wildman–Crippen MR) is 220 cm³/mol. The van der Waals surface area contributed by atoms with E-state index in [0.29, 0.717) is 0 Å². The molecule has 63 heavy (non-hydrogen) atoms. The van der Waals surface area contributed by atoms with Crippen LogP contribution in [0.25, 0.3) is 22.3 Å². The van der Waals surface area contributed by atoms with Crippen LogP contribution < -0.4 is 19.5 Å². The molecular formula is C49H38F5NO8. The van der Waals surface area contributed by atoms with Crippen LogP contribution in [0.15, 0.2) is 115 Å². The van der Waals surface area contributed by atoms with Crippen LogP contribution in [0.1, 0.15) is 53.5 Å². The molecule has 6 aromatic rings. The Labute approximate surface area is 358 Å². The molecule has 8 rings (SSSR count). The molecule has 9 nitrogen and oxygen atoms in total. The fourth-order valence-electron chi connectivity index (χ4n) is 8.31. The van der Waals surface area contributed by atoms with Crippen LogP contribution in [0, 0.1) is 35.0 Å². The molecule has 2 aliphatic rings. The molecular weight excluding hydrogens is 826 g/mol. The first kappa shape index (κ1) is 42.6. The van der Waals surface area contributed by atoms with Crippen molar-refractivity contribution in [1.29, 1.82) is 0 Å². The van der Waals surface area contributed by atoms with E-state index in [1.807, 2.05) is 97.1 Å². The SMILES string of the molecule is COc1ccc(CN[C@](C(=O)OCC2c3ccccc3-c3ccccc32)(C(=O)Oc2c(F)c(F)c(F)c(F)c2F)C(C)C)c(OC(=O)OCC2c3ccccc3-c3ccccc32)c1. The number of hydrogen-bond donors (Lipinski definition) is 1. The Kier molecular flexibility index (Phi) is 11.7. The van der Waals surface area contributed by atoms with E-state index < -0.39 is 76.8 Å². The Bertz CT molecular complexity index is 2660. The Morgan fingerprint density at radius 3 is 1.49 bits per heavy atom. The number of fused-ring (bicyclic) bond motifs is 6. The number of nitrogens with one attached hydrogen (secondary N) is 1. The summed E-state index contributed by atoms with van der Waals surface area (Å²) in [4.78, 5) is 42.2. The van der Waals surface area contributed by atoms with Crippen molar-refractivity contribution in [3.05, 3.63) is 172 Å². The first-order valence-electron chi connectivity index (χ1n) is 19.9. The molecule has 0 spiro atoms. The summed E-state index contributed by atoms with van der Waals surface area (Å²) in [7, 11) is 1.38. The molecule has 0 saturated heterocycles. The van der Waals surface area contributed by atoms with Gasteiger partial charge in [0.25, 0.3) is 0 Å². The highest BCUT2D eigenvalue weighted by Crippen LogP contribution is 2.46. The second kappa shape index (κ2) is 17.4. The molecule has 0 unspecified atom stereocenters. The maximum Gasteiger partial charge on any atom is 0.513 e. The third-order valence-electron chi connectivity index (χ3n) is 11.6. The maximum absolute atomic E-state index is 15.0. The summed E-state index contributed by atoms with van der Waals surface area (Å²) in [5.41, 5.74) is 4.87. The molecule has 0 saturated carbocycles. The molecule has 14 heteroatoms. The summed E-state index contributed by atoms with van der Waals surface area (Å²) in [6.07, 6.45) is -1.09. The highest BCUT2D eigenvalue weighted by atomic mass is 19.2.